The van der Waals surface area contributed by atoms with Gasteiger partial charge in [0, 0.05) is 11.3 Å². The van der Waals surface area contributed by atoms with E-state index >= 15 is 0 Å². The van der Waals surface area contributed by atoms with Crippen LogP contribution < -0.4 is 11.0 Å². The molecule has 0 aliphatic carbocycles. The second-order valence-corrected chi connectivity index (χ2v) is 8.05. The molecule has 7 nitrogen and oxygen atoms in total. The monoisotopic (exact) mass is 415 g/mol. The van der Waals surface area contributed by atoms with Crippen LogP contribution in [0.4, 0.5) is 5.69 Å². The van der Waals surface area contributed by atoms with Crippen molar-refractivity contribution in [1.82, 2.24) is 19.4 Å². The summed E-state index contributed by atoms with van der Waals surface area (Å²) in [5.74, 6) is -0.310. The third kappa shape index (κ3) is 3.99. The van der Waals surface area contributed by atoms with E-state index in [1.54, 1.807) is 6.07 Å². The number of nitrogens with zero attached hydrogens (tertiary/aromatic N) is 4. The van der Waals surface area contributed by atoms with Gasteiger partial charge in [-0.25, -0.2) is 9.48 Å². The Morgan fingerprint density at radius 2 is 1.58 bits per heavy atom. The molecule has 4 aromatic rings. The van der Waals surface area contributed by atoms with E-state index in [9.17, 15) is 9.59 Å². The average molecular weight is 415 g/mol. The summed E-state index contributed by atoms with van der Waals surface area (Å²) < 4.78 is 2.38. The van der Waals surface area contributed by atoms with Crippen molar-refractivity contribution < 1.29 is 4.79 Å². The first-order chi connectivity index (χ1) is 14.7. The van der Waals surface area contributed by atoms with Gasteiger partial charge < -0.3 is 5.32 Å². The number of hydrogen-bond acceptors (Lipinski definition) is 4. The van der Waals surface area contributed by atoms with Crippen LogP contribution in [0.25, 0.3) is 16.9 Å². The molecule has 2 aromatic carbocycles. The van der Waals surface area contributed by atoms with Crippen molar-refractivity contribution in [3.05, 3.63) is 80.8 Å². The first-order valence-electron chi connectivity index (χ1n) is 10.1. The minimum absolute atomic E-state index is 0.187. The Kier molecular flexibility index (Phi) is 5.19. The molecular weight excluding hydrogens is 390 g/mol. The number of fused-ring (bicyclic) bond motifs is 1. The highest BCUT2D eigenvalue weighted by atomic mass is 16.2. The third-order valence-corrected chi connectivity index (χ3v) is 5.48. The number of aromatic nitrogens is 4. The number of benzene rings is 2. The molecule has 1 N–H and O–H groups in total. The predicted molar refractivity (Wildman–Crippen MR) is 121 cm³/mol. The third-order valence-electron chi connectivity index (χ3n) is 5.48. The zero-order valence-electron chi connectivity index (χ0n) is 18.4. The van der Waals surface area contributed by atoms with Crippen LogP contribution in [0, 0.1) is 34.6 Å². The maximum atomic E-state index is 12.8. The molecule has 7 heteroatoms. The largest absolute Gasteiger partial charge is 0.367 e. The zero-order valence-corrected chi connectivity index (χ0v) is 18.4. The highest BCUT2D eigenvalue weighted by Crippen LogP contribution is 2.22. The van der Waals surface area contributed by atoms with E-state index in [1.807, 2.05) is 64.1 Å². The van der Waals surface area contributed by atoms with Crippen molar-refractivity contribution in [3.8, 4) is 11.3 Å². The molecule has 0 unspecified atom stereocenters. The average Bonchev–Trinajstić information content (AvgIpc) is 3.01. The van der Waals surface area contributed by atoms with Crippen molar-refractivity contribution in [2.24, 2.45) is 0 Å². The topological polar surface area (TPSA) is 81.3 Å². The van der Waals surface area contributed by atoms with Crippen LogP contribution in [0.5, 0.6) is 0 Å². The van der Waals surface area contributed by atoms with Gasteiger partial charge in [0.25, 0.3) is 0 Å². The maximum absolute atomic E-state index is 12.8. The van der Waals surface area contributed by atoms with Gasteiger partial charge in [-0.3, -0.25) is 4.79 Å². The number of carbonyl (C=O) groups excluding carboxylic acids is 1. The van der Waals surface area contributed by atoms with Crippen molar-refractivity contribution in [2.75, 3.05) is 5.32 Å². The van der Waals surface area contributed by atoms with Gasteiger partial charge in [-0.1, -0.05) is 29.8 Å². The van der Waals surface area contributed by atoms with Gasteiger partial charge in [0.05, 0.1) is 5.69 Å². The summed E-state index contributed by atoms with van der Waals surface area (Å²) in [5, 5.41) is 11.6. The van der Waals surface area contributed by atoms with E-state index in [2.05, 4.69) is 22.4 Å². The lowest BCUT2D eigenvalue weighted by molar-refractivity contribution is -0.117. The minimum atomic E-state index is -0.451. The molecule has 0 aliphatic rings. The fraction of sp³-hybridized carbons (Fsp3) is 0.250. The van der Waals surface area contributed by atoms with Crippen LogP contribution in [0.3, 0.4) is 0 Å². The number of aryl methyl sites for hydroxylation is 5. The van der Waals surface area contributed by atoms with Crippen molar-refractivity contribution in [2.45, 2.75) is 41.2 Å². The van der Waals surface area contributed by atoms with Gasteiger partial charge in [0.15, 0.2) is 5.65 Å². The van der Waals surface area contributed by atoms with E-state index < -0.39 is 5.69 Å². The van der Waals surface area contributed by atoms with Crippen LogP contribution >= 0.6 is 0 Å². The fourth-order valence-electron chi connectivity index (χ4n) is 3.76. The molecule has 2 heterocycles. The molecule has 0 saturated heterocycles. The fourth-order valence-corrected chi connectivity index (χ4v) is 3.76. The lowest BCUT2D eigenvalue weighted by Gasteiger charge is -2.12. The quantitative estimate of drug-likeness (QED) is 0.551. The zero-order chi connectivity index (χ0) is 22.3. The van der Waals surface area contributed by atoms with E-state index in [0.29, 0.717) is 11.3 Å². The summed E-state index contributed by atoms with van der Waals surface area (Å²) in [6.07, 6.45) is 0. The molecule has 0 radical (unpaired) electrons. The molecule has 4 rings (SSSR count). The SMILES string of the molecule is Cc1cc(C)c(NC(=O)Cn2nc3ccc(-c4ccc(C)c(C)c4)nn3c2=O)c(C)c1. The summed E-state index contributed by atoms with van der Waals surface area (Å²) in [6.45, 7) is 9.82. The van der Waals surface area contributed by atoms with E-state index in [0.717, 1.165) is 38.2 Å². The summed E-state index contributed by atoms with van der Waals surface area (Å²) in [7, 11) is 0. The summed E-state index contributed by atoms with van der Waals surface area (Å²) in [5.41, 5.74) is 7.75. The molecule has 0 fully saturated rings. The van der Waals surface area contributed by atoms with Gasteiger partial charge in [-0.05, 0) is 75.1 Å². The number of carbonyl (C=O) groups is 1. The highest BCUT2D eigenvalue weighted by Gasteiger charge is 2.14. The summed E-state index contributed by atoms with van der Waals surface area (Å²) >= 11 is 0. The Bertz CT molecular complexity index is 1360. The van der Waals surface area contributed by atoms with Gasteiger partial charge >= 0.3 is 5.69 Å². The molecule has 0 spiro atoms. The van der Waals surface area contributed by atoms with Gasteiger partial charge in [-0.15, -0.1) is 5.10 Å². The Balaban J connectivity index is 1.62. The van der Waals surface area contributed by atoms with Crippen LogP contribution in [-0.4, -0.2) is 25.3 Å². The smallest absolute Gasteiger partial charge is 0.324 e. The second-order valence-electron chi connectivity index (χ2n) is 8.05. The number of anilines is 1. The Morgan fingerprint density at radius 3 is 2.26 bits per heavy atom. The standard InChI is InChI=1S/C24H25N5O2/c1-14-10-17(4)23(18(5)11-14)25-22(30)13-28-24(31)29-21(27-28)9-8-20(26-29)19-7-6-15(2)16(3)12-19/h6-12H,13H2,1-5H3,(H,25,30). The molecule has 0 atom stereocenters. The number of rotatable bonds is 4. The summed E-state index contributed by atoms with van der Waals surface area (Å²) in [6, 6.07) is 13.6. The Hall–Kier alpha value is -3.74. The minimum Gasteiger partial charge on any atom is -0.324 e. The molecule has 2 aromatic heterocycles. The number of hydrogen-bond donors (Lipinski definition) is 1. The normalized spacial score (nSPS) is 11.1. The molecule has 0 saturated carbocycles. The molecular formula is C24H25N5O2. The highest BCUT2D eigenvalue weighted by molar-refractivity contribution is 5.92. The lowest BCUT2D eigenvalue weighted by atomic mass is 10.0. The van der Waals surface area contributed by atoms with Crippen LogP contribution in [0.1, 0.15) is 27.8 Å². The Labute approximate surface area is 180 Å². The molecule has 0 bridgehead atoms. The molecule has 31 heavy (non-hydrogen) atoms. The van der Waals surface area contributed by atoms with Crippen LogP contribution in [0.15, 0.2) is 47.3 Å². The van der Waals surface area contributed by atoms with Crippen molar-refractivity contribution in [3.63, 3.8) is 0 Å². The van der Waals surface area contributed by atoms with Crippen LogP contribution in [0.2, 0.25) is 0 Å². The molecule has 0 aliphatic heterocycles. The van der Waals surface area contributed by atoms with E-state index in [-0.39, 0.29) is 12.5 Å². The van der Waals surface area contributed by atoms with E-state index in [4.69, 9.17) is 0 Å². The first-order valence-corrected chi connectivity index (χ1v) is 10.1. The van der Waals surface area contributed by atoms with Gasteiger partial charge in [0.1, 0.15) is 6.54 Å². The van der Waals surface area contributed by atoms with Gasteiger partial charge in [-0.2, -0.15) is 9.61 Å². The lowest BCUT2D eigenvalue weighted by Crippen LogP contribution is -2.29. The van der Waals surface area contributed by atoms with Gasteiger partial charge in [0.2, 0.25) is 5.91 Å². The van der Waals surface area contributed by atoms with E-state index in [1.165, 1.54) is 10.1 Å². The summed E-state index contributed by atoms with van der Waals surface area (Å²) in [4.78, 5) is 25.4. The number of nitrogens with one attached hydrogen (secondary N) is 1. The van der Waals surface area contributed by atoms with Crippen molar-refractivity contribution >= 4 is 17.2 Å². The first kappa shape index (κ1) is 20.5. The second kappa shape index (κ2) is 7.83. The predicted octanol–water partition coefficient (Wildman–Crippen LogP) is 3.74. The number of amides is 1. The van der Waals surface area contributed by atoms with Crippen molar-refractivity contribution in [1.29, 1.82) is 0 Å². The molecule has 158 valence electrons. The Morgan fingerprint density at radius 1 is 0.871 bits per heavy atom. The maximum Gasteiger partial charge on any atom is 0.367 e. The molecule has 1 amide bonds. The van der Waals surface area contributed by atoms with Crippen LogP contribution in [-0.2, 0) is 11.3 Å².